The van der Waals surface area contributed by atoms with Crippen molar-refractivity contribution in [2.45, 2.75) is 46.1 Å². The second-order valence-electron chi connectivity index (χ2n) is 5.00. The first-order valence-electron chi connectivity index (χ1n) is 6.97. The highest BCUT2D eigenvalue weighted by Gasteiger charge is 2.18. The monoisotopic (exact) mass is 249 g/mol. The minimum absolute atomic E-state index is 0.379. The van der Waals surface area contributed by atoms with Gasteiger partial charge in [0.25, 0.3) is 0 Å². The standard InChI is InChI=1S/C16H27NO/c1-6-13(7-2)11-15(17-4)14-10-12(3)8-9-16(14)18-5/h8-10,13,15,17H,6-7,11H2,1-5H3. The normalized spacial score (nSPS) is 12.8. The molecule has 0 spiro atoms. The Hall–Kier alpha value is -1.02. The van der Waals surface area contributed by atoms with Crippen molar-refractivity contribution in [2.24, 2.45) is 5.92 Å². The van der Waals surface area contributed by atoms with Crippen LogP contribution < -0.4 is 10.1 Å². The number of aryl methyl sites for hydroxylation is 1. The molecule has 0 saturated heterocycles. The van der Waals surface area contributed by atoms with Crippen molar-refractivity contribution in [3.63, 3.8) is 0 Å². The fourth-order valence-electron chi connectivity index (χ4n) is 2.48. The van der Waals surface area contributed by atoms with E-state index in [9.17, 15) is 0 Å². The van der Waals surface area contributed by atoms with E-state index in [1.54, 1.807) is 7.11 Å². The van der Waals surface area contributed by atoms with Gasteiger partial charge in [-0.2, -0.15) is 0 Å². The smallest absolute Gasteiger partial charge is 0.123 e. The van der Waals surface area contributed by atoms with Crippen molar-refractivity contribution >= 4 is 0 Å². The summed E-state index contributed by atoms with van der Waals surface area (Å²) in [5.41, 5.74) is 2.57. The summed E-state index contributed by atoms with van der Waals surface area (Å²) in [6.07, 6.45) is 3.65. The molecule has 102 valence electrons. The second-order valence-corrected chi connectivity index (χ2v) is 5.00. The zero-order chi connectivity index (χ0) is 13.5. The van der Waals surface area contributed by atoms with Crippen molar-refractivity contribution in [3.05, 3.63) is 29.3 Å². The van der Waals surface area contributed by atoms with E-state index in [0.717, 1.165) is 11.7 Å². The van der Waals surface area contributed by atoms with E-state index < -0.39 is 0 Å². The summed E-state index contributed by atoms with van der Waals surface area (Å²) in [5, 5.41) is 3.44. The first-order valence-corrected chi connectivity index (χ1v) is 6.97. The number of rotatable bonds is 7. The number of hydrogen-bond donors (Lipinski definition) is 1. The highest BCUT2D eigenvalue weighted by atomic mass is 16.5. The lowest BCUT2D eigenvalue weighted by atomic mass is 9.90. The van der Waals surface area contributed by atoms with Crippen LogP contribution >= 0.6 is 0 Å². The van der Waals surface area contributed by atoms with Crippen LogP contribution in [0.2, 0.25) is 0 Å². The molecule has 2 nitrogen and oxygen atoms in total. The molecule has 1 aromatic carbocycles. The van der Waals surface area contributed by atoms with Crippen LogP contribution in [-0.2, 0) is 0 Å². The average Bonchev–Trinajstić information content (AvgIpc) is 2.40. The molecule has 18 heavy (non-hydrogen) atoms. The molecule has 0 heterocycles. The molecule has 0 radical (unpaired) electrons. The van der Waals surface area contributed by atoms with Crippen molar-refractivity contribution in [2.75, 3.05) is 14.2 Å². The van der Waals surface area contributed by atoms with Gasteiger partial charge in [0, 0.05) is 11.6 Å². The van der Waals surface area contributed by atoms with Gasteiger partial charge in [-0.05, 0) is 32.4 Å². The molecular formula is C16H27NO. The lowest BCUT2D eigenvalue weighted by molar-refractivity contribution is 0.363. The summed E-state index contributed by atoms with van der Waals surface area (Å²) in [6, 6.07) is 6.79. The van der Waals surface area contributed by atoms with E-state index in [2.05, 4.69) is 44.3 Å². The summed E-state index contributed by atoms with van der Waals surface area (Å²) in [7, 11) is 3.78. The van der Waals surface area contributed by atoms with Crippen LogP contribution in [0.15, 0.2) is 18.2 Å². The number of methoxy groups -OCH3 is 1. The van der Waals surface area contributed by atoms with Gasteiger partial charge in [-0.25, -0.2) is 0 Å². The Morgan fingerprint density at radius 1 is 1.22 bits per heavy atom. The number of hydrogen-bond acceptors (Lipinski definition) is 2. The van der Waals surface area contributed by atoms with E-state index in [4.69, 9.17) is 4.74 Å². The maximum absolute atomic E-state index is 5.49. The predicted octanol–water partition coefficient (Wildman–Crippen LogP) is 4.09. The Balaban J connectivity index is 2.96. The van der Waals surface area contributed by atoms with E-state index in [0.29, 0.717) is 6.04 Å². The van der Waals surface area contributed by atoms with Crippen molar-refractivity contribution in [3.8, 4) is 5.75 Å². The zero-order valence-corrected chi connectivity index (χ0v) is 12.4. The van der Waals surface area contributed by atoms with Gasteiger partial charge in [-0.1, -0.05) is 44.4 Å². The Bertz CT molecular complexity index is 358. The quantitative estimate of drug-likeness (QED) is 0.786. The first kappa shape index (κ1) is 15.0. The summed E-state index contributed by atoms with van der Waals surface area (Å²) in [5.74, 6) is 1.76. The van der Waals surface area contributed by atoms with Gasteiger partial charge in [0.05, 0.1) is 7.11 Å². The molecule has 1 unspecified atom stereocenters. The third-order valence-corrected chi connectivity index (χ3v) is 3.83. The second kappa shape index (κ2) is 7.42. The fourth-order valence-corrected chi connectivity index (χ4v) is 2.48. The van der Waals surface area contributed by atoms with Crippen LogP contribution in [0.4, 0.5) is 0 Å². The number of ether oxygens (including phenoxy) is 1. The molecule has 0 aliphatic heterocycles. The maximum Gasteiger partial charge on any atom is 0.123 e. The molecule has 0 aliphatic carbocycles. The Kier molecular flexibility index (Phi) is 6.20. The van der Waals surface area contributed by atoms with Gasteiger partial charge in [-0.3, -0.25) is 0 Å². The molecule has 2 heteroatoms. The fraction of sp³-hybridized carbons (Fsp3) is 0.625. The molecule has 1 aromatic rings. The Morgan fingerprint density at radius 3 is 2.39 bits per heavy atom. The maximum atomic E-state index is 5.49. The topological polar surface area (TPSA) is 21.3 Å². The van der Waals surface area contributed by atoms with Gasteiger partial charge in [0.2, 0.25) is 0 Å². The summed E-state index contributed by atoms with van der Waals surface area (Å²) in [6.45, 7) is 6.68. The largest absolute Gasteiger partial charge is 0.496 e. The van der Waals surface area contributed by atoms with E-state index >= 15 is 0 Å². The zero-order valence-electron chi connectivity index (χ0n) is 12.4. The molecule has 0 saturated carbocycles. The average molecular weight is 249 g/mol. The van der Waals surface area contributed by atoms with Gasteiger partial charge in [0.1, 0.15) is 5.75 Å². The predicted molar refractivity (Wildman–Crippen MR) is 78.2 cm³/mol. The summed E-state index contributed by atoms with van der Waals surface area (Å²) >= 11 is 0. The summed E-state index contributed by atoms with van der Waals surface area (Å²) < 4.78 is 5.49. The Labute approximate surface area is 112 Å². The highest BCUT2D eigenvalue weighted by molar-refractivity contribution is 5.39. The van der Waals surface area contributed by atoms with Crippen LogP contribution in [-0.4, -0.2) is 14.2 Å². The van der Waals surface area contributed by atoms with Crippen molar-refractivity contribution in [1.82, 2.24) is 5.32 Å². The molecule has 1 rings (SSSR count). The van der Waals surface area contributed by atoms with E-state index in [-0.39, 0.29) is 0 Å². The van der Waals surface area contributed by atoms with E-state index in [1.807, 2.05) is 7.05 Å². The molecule has 0 aliphatic rings. The molecule has 1 atom stereocenters. The minimum atomic E-state index is 0.379. The number of nitrogens with one attached hydrogen (secondary N) is 1. The van der Waals surface area contributed by atoms with Gasteiger partial charge in [0.15, 0.2) is 0 Å². The molecule has 0 amide bonds. The molecule has 0 bridgehead atoms. The Morgan fingerprint density at radius 2 is 1.89 bits per heavy atom. The first-order chi connectivity index (χ1) is 8.65. The van der Waals surface area contributed by atoms with Crippen LogP contribution in [0.3, 0.4) is 0 Å². The van der Waals surface area contributed by atoms with Crippen LogP contribution in [0.25, 0.3) is 0 Å². The summed E-state index contributed by atoms with van der Waals surface area (Å²) in [4.78, 5) is 0. The molecular weight excluding hydrogens is 222 g/mol. The van der Waals surface area contributed by atoms with Crippen LogP contribution in [0.1, 0.15) is 50.3 Å². The number of benzene rings is 1. The minimum Gasteiger partial charge on any atom is -0.496 e. The lowest BCUT2D eigenvalue weighted by Gasteiger charge is -2.24. The third kappa shape index (κ3) is 3.74. The van der Waals surface area contributed by atoms with Crippen LogP contribution in [0.5, 0.6) is 5.75 Å². The SMILES string of the molecule is CCC(CC)CC(NC)c1cc(C)ccc1OC. The molecule has 0 fully saturated rings. The molecule has 1 N–H and O–H groups in total. The highest BCUT2D eigenvalue weighted by Crippen LogP contribution is 2.31. The van der Waals surface area contributed by atoms with Gasteiger partial charge in [-0.15, -0.1) is 0 Å². The van der Waals surface area contributed by atoms with Gasteiger partial charge < -0.3 is 10.1 Å². The van der Waals surface area contributed by atoms with Crippen molar-refractivity contribution in [1.29, 1.82) is 0 Å². The van der Waals surface area contributed by atoms with E-state index in [1.165, 1.54) is 30.4 Å². The van der Waals surface area contributed by atoms with Gasteiger partial charge >= 0.3 is 0 Å². The molecule has 0 aromatic heterocycles. The van der Waals surface area contributed by atoms with Crippen LogP contribution in [0, 0.1) is 12.8 Å². The van der Waals surface area contributed by atoms with Crippen molar-refractivity contribution < 1.29 is 4.74 Å². The third-order valence-electron chi connectivity index (χ3n) is 3.83. The lowest BCUT2D eigenvalue weighted by Crippen LogP contribution is -2.20.